The molecule has 2 N–H and O–H groups in total. The summed E-state index contributed by atoms with van der Waals surface area (Å²) in [5, 5.41) is 2.93. The molecule has 0 unspecified atom stereocenters. The zero-order valence-corrected chi connectivity index (χ0v) is 12.3. The van der Waals surface area contributed by atoms with Crippen molar-refractivity contribution in [2.24, 2.45) is 5.92 Å². The first-order valence-corrected chi connectivity index (χ1v) is 6.77. The lowest BCUT2D eigenvalue weighted by Gasteiger charge is -2.18. The number of hydrogen-bond donors (Lipinski definition) is 2. The maximum Gasteiger partial charge on any atom is 0.260 e. The van der Waals surface area contributed by atoms with Gasteiger partial charge in [-0.3, -0.25) is 4.79 Å². The highest BCUT2D eigenvalue weighted by Gasteiger charge is 2.15. The molecule has 19 heavy (non-hydrogen) atoms. The van der Waals surface area contributed by atoms with Crippen LogP contribution in [0.15, 0.2) is 30.3 Å². The highest BCUT2D eigenvalue weighted by atomic mass is 16.5. The largest absolute Gasteiger partial charge is 0.481 e. The van der Waals surface area contributed by atoms with Crippen LogP contribution in [0.3, 0.4) is 0 Å². The predicted molar refractivity (Wildman–Crippen MR) is 76.4 cm³/mol. The fourth-order valence-corrected chi connectivity index (χ4v) is 1.94. The lowest BCUT2D eigenvalue weighted by atomic mass is 10.1. The highest BCUT2D eigenvalue weighted by Crippen LogP contribution is 2.10. The second-order valence-electron chi connectivity index (χ2n) is 5.33. The van der Waals surface area contributed by atoms with E-state index in [4.69, 9.17) is 4.74 Å². The van der Waals surface area contributed by atoms with E-state index in [-0.39, 0.29) is 5.91 Å². The predicted octanol–water partition coefficient (Wildman–Crippen LogP) is 0.351. The summed E-state index contributed by atoms with van der Waals surface area (Å²) in [5.41, 5.74) is 0. The van der Waals surface area contributed by atoms with Gasteiger partial charge in [-0.25, -0.2) is 0 Å². The fraction of sp³-hybridized carbons (Fsp3) is 0.533. The van der Waals surface area contributed by atoms with E-state index in [1.165, 1.54) is 4.90 Å². The average molecular weight is 265 g/mol. The highest BCUT2D eigenvalue weighted by molar-refractivity contribution is 5.80. The molecule has 0 heterocycles. The van der Waals surface area contributed by atoms with E-state index in [0.717, 1.165) is 12.3 Å². The van der Waals surface area contributed by atoms with Crippen molar-refractivity contribution in [3.05, 3.63) is 30.3 Å². The van der Waals surface area contributed by atoms with Crippen molar-refractivity contribution < 1.29 is 14.4 Å². The van der Waals surface area contributed by atoms with E-state index >= 15 is 0 Å². The quantitative estimate of drug-likeness (QED) is 0.747. The number of nitrogens with one attached hydrogen (secondary N) is 2. The Kier molecular flexibility index (Phi) is 6.36. The topological polar surface area (TPSA) is 42.8 Å². The fourth-order valence-electron chi connectivity index (χ4n) is 1.94. The first-order chi connectivity index (χ1) is 8.99. The van der Waals surface area contributed by atoms with Gasteiger partial charge < -0.3 is 15.0 Å². The lowest BCUT2D eigenvalue weighted by Crippen LogP contribution is -3.06. The first-order valence-electron chi connectivity index (χ1n) is 6.77. The average Bonchev–Trinajstić information content (AvgIpc) is 2.36. The molecule has 0 saturated heterocycles. The Morgan fingerprint density at radius 3 is 2.47 bits per heavy atom. The molecule has 1 amide bonds. The standard InChI is InChI=1S/C15H24N2O2/c1-12(11-17(3)4)10-16-15(18)13(2)19-14-8-6-5-7-9-14/h5-9,12-13H,10-11H2,1-4H3,(H,16,18)/p+1/t12-,13-/m1/s1. The number of carbonyl (C=O) groups is 1. The van der Waals surface area contributed by atoms with Gasteiger partial charge >= 0.3 is 0 Å². The van der Waals surface area contributed by atoms with Gasteiger partial charge in [0.15, 0.2) is 6.10 Å². The second-order valence-corrected chi connectivity index (χ2v) is 5.33. The summed E-state index contributed by atoms with van der Waals surface area (Å²) in [7, 11) is 4.22. The van der Waals surface area contributed by atoms with Crippen molar-refractivity contribution in [3.63, 3.8) is 0 Å². The van der Waals surface area contributed by atoms with Gasteiger partial charge in [0.1, 0.15) is 5.75 Å². The lowest BCUT2D eigenvalue weighted by molar-refractivity contribution is -0.861. The van der Waals surface area contributed by atoms with Gasteiger partial charge in [-0.05, 0) is 19.1 Å². The number of ether oxygens (including phenoxy) is 1. The Hall–Kier alpha value is -1.55. The van der Waals surface area contributed by atoms with Gasteiger partial charge in [-0.15, -0.1) is 0 Å². The van der Waals surface area contributed by atoms with Crippen molar-refractivity contribution in [1.82, 2.24) is 5.32 Å². The minimum Gasteiger partial charge on any atom is -0.481 e. The second kappa shape index (κ2) is 7.79. The maximum atomic E-state index is 11.9. The zero-order chi connectivity index (χ0) is 14.3. The van der Waals surface area contributed by atoms with E-state index < -0.39 is 6.10 Å². The summed E-state index contributed by atoms with van der Waals surface area (Å²) in [5.74, 6) is 1.11. The summed E-state index contributed by atoms with van der Waals surface area (Å²) >= 11 is 0. The number of carbonyl (C=O) groups excluding carboxylic acids is 1. The van der Waals surface area contributed by atoms with E-state index in [1.54, 1.807) is 6.92 Å². The van der Waals surface area contributed by atoms with Gasteiger partial charge in [0.25, 0.3) is 5.91 Å². The number of amides is 1. The number of hydrogen-bond acceptors (Lipinski definition) is 2. The van der Waals surface area contributed by atoms with Crippen LogP contribution < -0.4 is 15.0 Å². The van der Waals surface area contributed by atoms with Crippen LogP contribution in [0, 0.1) is 5.92 Å². The molecule has 0 radical (unpaired) electrons. The van der Waals surface area contributed by atoms with E-state index in [2.05, 4.69) is 26.3 Å². The molecule has 0 fully saturated rings. The maximum absolute atomic E-state index is 11.9. The van der Waals surface area contributed by atoms with Crippen LogP contribution >= 0.6 is 0 Å². The molecule has 1 rings (SSSR count). The Labute approximate surface area is 115 Å². The third-order valence-corrected chi connectivity index (χ3v) is 2.81. The summed E-state index contributed by atoms with van der Waals surface area (Å²) in [4.78, 5) is 13.3. The van der Waals surface area contributed by atoms with E-state index in [1.807, 2.05) is 30.3 Å². The molecule has 0 aromatic heterocycles. The zero-order valence-electron chi connectivity index (χ0n) is 12.3. The summed E-state index contributed by atoms with van der Waals surface area (Å²) < 4.78 is 5.57. The third kappa shape index (κ3) is 6.25. The van der Waals surface area contributed by atoms with E-state index in [0.29, 0.717) is 12.5 Å². The molecule has 0 saturated carbocycles. The van der Waals surface area contributed by atoms with Gasteiger partial charge in [-0.2, -0.15) is 0 Å². The smallest absolute Gasteiger partial charge is 0.260 e. The molecule has 1 aromatic carbocycles. The van der Waals surface area contributed by atoms with Crippen LogP contribution in [0.25, 0.3) is 0 Å². The molecule has 0 aliphatic carbocycles. The molecule has 2 atom stereocenters. The molecule has 0 aliphatic heterocycles. The van der Waals surface area contributed by atoms with Gasteiger partial charge in [0.05, 0.1) is 20.6 Å². The minimum absolute atomic E-state index is 0.0653. The molecular formula is C15H25N2O2+. The Bertz CT molecular complexity index is 379. The number of para-hydroxylation sites is 1. The molecule has 106 valence electrons. The molecular weight excluding hydrogens is 240 g/mol. The Morgan fingerprint density at radius 1 is 1.26 bits per heavy atom. The normalized spacial score (nSPS) is 13.9. The van der Waals surface area contributed by atoms with Crippen molar-refractivity contribution in [1.29, 1.82) is 0 Å². The van der Waals surface area contributed by atoms with Crippen molar-refractivity contribution >= 4 is 5.91 Å². The van der Waals surface area contributed by atoms with Gasteiger partial charge in [0.2, 0.25) is 0 Å². The molecule has 0 aliphatic rings. The summed E-state index contributed by atoms with van der Waals surface area (Å²) in [6, 6.07) is 9.40. The van der Waals surface area contributed by atoms with Crippen LogP contribution in [0.2, 0.25) is 0 Å². The van der Waals surface area contributed by atoms with Crippen LogP contribution in [-0.4, -0.2) is 39.2 Å². The molecule has 1 aromatic rings. The molecule has 4 heteroatoms. The molecule has 0 spiro atoms. The SMILES string of the molecule is C[C@H](CNC(=O)[C@@H](C)Oc1ccccc1)C[NH+](C)C. The summed E-state index contributed by atoms with van der Waals surface area (Å²) in [6.07, 6.45) is -0.471. The third-order valence-electron chi connectivity index (χ3n) is 2.81. The van der Waals surface area contributed by atoms with Crippen molar-refractivity contribution in [2.75, 3.05) is 27.2 Å². The van der Waals surface area contributed by atoms with Crippen LogP contribution in [-0.2, 0) is 4.79 Å². The van der Waals surface area contributed by atoms with Crippen LogP contribution in [0.1, 0.15) is 13.8 Å². The molecule has 0 bridgehead atoms. The Morgan fingerprint density at radius 2 is 1.89 bits per heavy atom. The van der Waals surface area contributed by atoms with Gasteiger partial charge in [0, 0.05) is 12.5 Å². The molecule has 4 nitrogen and oxygen atoms in total. The van der Waals surface area contributed by atoms with Gasteiger partial charge in [-0.1, -0.05) is 25.1 Å². The van der Waals surface area contributed by atoms with Crippen molar-refractivity contribution in [3.8, 4) is 5.75 Å². The van der Waals surface area contributed by atoms with Crippen LogP contribution in [0.4, 0.5) is 0 Å². The minimum atomic E-state index is -0.471. The van der Waals surface area contributed by atoms with Crippen LogP contribution in [0.5, 0.6) is 5.75 Å². The number of quaternary nitrogens is 1. The number of rotatable bonds is 7. The first kappa shape index (κ1) is 15.5. The van der Waals surface area contributed by atoms with Crippen molar-refractivity contribution in [2.45, 2.75) is 20.0 Å². The summed E-state index contributed by atoms with van der Waals surface area (Å²) in [6.45, 7) is 5.63. The number of benzene rings is 1. The van der Waals surface area contributed by atoms with E-state index in [9.17, 15) is 4.79 Å². The Balaban J connectivity index is 2.33. The monoisotopic (exact) mass is 265 g/mol.